The van der Waals surface area contributed by atoms with E-state index in [0.717, 1.165) is 6.04 Å². The first-order valence-corrected chi connectivity index (χ1v) is 5.78. The Hall–Kier alpha value is -0.0400. The molecule has 0 aromatic rings. The van der Waals surface area contributed by atoms with Gasteiger partial charge in [-0.1, -0.05) is 33.6 Å². The normalized spacial score (nSPS) is 26.3. The van der Waals surface area contributed by atoms with Crippen LogP contribution in [0.5, 0.6) is 0 Å². The lowest BCUT2D eigenvalue weighted by Gasteiger charge is -2.43. The van der Waals surface area contributed by atoms with Crippen LogP contribution in [-0.4, -0.2) is 24.5 Å². The summed E-state index contributed by atoms with van der Waals surface area (Å²) in [4.78, 5) is 2.57. The van der Waals surface area contributed by atoms with Gasteiger partial charge >= 0.3 is 0 Å². The van der Waals surface area contributed by atoms with E-state index in [0.29, 0.717) is 5.41 Å². The third-order valence-electron chi connectivity index (χ3n) is 3.57. The molecule has 1 aliphatic rings. The summed E-state index contributed by atoms with van der Waals surface area (Å²) in [6.07, 6.45) is 6.92. The highest BCUT2D eigenvalue weighted by Gasteiger charge is 2.32. The van der Waals surface area contributed by atoms with Crippen LogP contribution in [-0.2, 0) is 0 Å². The molecule has 1 atom stereocenters. The van der Waals surface area contributed by atoms with Crippen molar-refractivity contribution in [1.29, 1.82) is 0 Å². The summed E-state index contributed by atoms with van der Waals surface area (Å²) in [7, 11) is 2.29. The molecule has 1 fully saturated rings. The van der Waals surface area contributed by atoms with E-state index in [4.69, 9.17) is 0 Å². The Morgan fingerprint density at radius 1 is 1.31 bits per heavy atom. The summed E-state index contributed by atoms with van der Waals surface area (Å²) in [6, 6.07) is 0.821. The lowest BCUT2D eigenvalue weighted by molar-refractivity contribution is 0.0691. The summed E-state index contributed by atoms with van der Waals surface area (Å²) in [5.41, 5.74) is 0.518. The van der Waals surface area contributed by atoms with E-state index in [-0.39, 0.29) is 0 Å². The highest BCUT2D eigenvalue weighted by molar-refractivity contribution is 4.87. The molecule has 0 bridgehead atoms. The third-order valence-corrected chi connectivity index (χ3v) is 3.57. The minimum Gasteiger partial charge on any atom is -0.303 e. The Labute approximate surface area is 83.5 Å². The molecule has 0 aliphatic carbocycles. The molecule has 1 saturated heterocycles. The number of likely N-dealkylation sites (tertiary alicyclic amines) is 1. The lowest BCUT2D eigenvalue weighted by atomic mass is 9.76. The summed E-state index contributed by atoms with van der Waals surface area (Å²) < 4.78 is 0. The molecule has 1 nitrogen and oxygen atoms in total. The zero-order chi connectivity index (χ0) is 9.90. The first kappa shape index (κ1) is 11.0. The van der Waals surface area contributed by atoms with Crippen molar-refractivity contribution in [2.45, 2.75) is 58.9 Å². The van der Waals surface area contributed by atoms with E-state index in [1.807, 2.05) is 0 Å². The van der Waals surface area contributed by atoms with Crippen molar-refractivity contribution in [2.24, 2.45) is 5.41 Å². The molecule has 0 aromatic heterocycles. The van der Waals surface area contributed by atoms with Crippen LogP contribution in [0.3, 0.4) is 0 Å². The zero-order valence-corrected chi connectivity index (χ0v) is 9.77. The first-order valence-electron chi connectivity index (χ1n) is 5.78. The quantitative estimate of drug-likeness (QED) is 0.649. The van der Waals surface area contributed by atoms with Gasteiger partial charge in [-0.3, -0.25) is 0 Å². The largest absolute Gasteiger partial charge is 0.303 e. The molecule has 1 unspecified atom stereocenters. The van der Waals surface area contributed by atoms with Crippen molar-refractivity contribution in [2.75, 3.05) is 13.6 Å². The van der Waals surface area contributed by atoms with Crippen LogP contribution in [0.1, 0.15) is 52.9 Å². The van der Waals surface area contributed by atoms with Gasteiger partial charge in [0.2, 0.25) is 0 Å². The van der Waals surface area contributed by atoms with Gasteiger partial charge in [-0.25, -0.2) is 0 Å². The average molecular weight is 183 g/mol. The van der Waals surface area contributed by atoms with Crippen molar-refractivity contribution in [3.8, 4) is 0 Å². The Kier molecular flexibility index (Phi) is 3.78. The lowest BCUT2D eigenvalue weighted by Crippen LogP contribution is -2.45. The fraction of sp³-hybridized carbons (Fsp3) is 1.00. The maximum absolute atomic E-state index is 2.57. The number of hydrogen-bond donors (Lipinski definition) is 0. The maximum Gasteiger partial charge on any atom is 0.0143 e. The SMILES string of the molecule is CCCC(C)(C)C1CCCCN1C. The van der Waals surface area contributed by atoms with E-state index in [9.17, 15) is 0 Å². The molecule has 78 valence electrons. The first-order chi connectivity index (χ1) is 6.08. The molecular weight excluding hydrogens is 158 g/mol. The van der Waals surface area contributed by atoms with Crippen LogP contribution in [0.4, 0.5) is 0 Å². The predicted octanol–water partition coefficient (Wildman–Crippen LogP) is 3.30. The number of piperidine rings is 1. The molecule has 13 heavy (non-hydrogen) atoms. The Morgan fingerprint density at radius 2 is 2.00 bits per heavy atom. The standard InChI is InChI=1S/C12H25N/c1-5-9-12(2,3)11-8-6-7-10-13(11)4/h11H,5-10H2,1-4H3. The van der Waals surface area contributed by atoms with Crippen molar-refractivity contribution >= 4 is 0 Å². The highest BCUT2D eigenvalue weighted by Crippen LogP contribution is 2.35. The molecule has 0 saturated carbocycles. The van der Waals surface area contributed by atoms with E-state index in [2.05, 4.69) is 32.7 Å². The van der Waals surface area contributed by atoms with Crippen LogP contribution in [0.25, 0.3) is 0 Å². The second kappa shape index (κ2) is 4.45. The molecule has 0 amide bonds. The molecule has 1 heterocycles. The van der Waals surface area contributed by atoms with Gasteiger partial charge in [0.1, 0.15) is 0 Å². The van der Waals surface area contributed by atoms with Crippen LogP contribution >= 0.6 is 0 Å². The third kappa shape index (κ3) is 2.70. The summed E-state index contributed by atoms with van der Waals surface area (Å²) in [6.45, 7) is 8.47. The zero-order valence-electron chi connectivity index (χ0n) is 9.77. The molecule has 1 heteroatoms. The number of hydrogen-bond acceptors (Lipinski definition) is 1. The number of nitrogens with zero attached hydrogens (tertiary/aromatic N) is 1. The van der Waals surface area contributed by atoms with Gasteiger partial charge in [0.05, 0.1) is 0 Å². The van der Waals surface area contributed by atoms with E-state index in [1.165, 1.54) is 38.6 Å². The second-order valence-corrected chi connectivity index (χ2v) is 5.23. The topological polar surface area (TPSA) is 3.24 Å². The van der Waals surface area contributed by atoms with Crippen LogP contribution < -0.4 is 0 Å². The van der Waals surface area contributed by atoms with Crippen molar-refractivity contribution in [3.63, 3.8) is 0 Å². The van der Waals surface area contributed by atoms with E-state index < -0.39 is 0 Å². The molecule has 1 rings (SSSR count). The van der Waals surface area contributed by atoms with Gasteiger partial charge in [-0.15, -0.1) is 0 Å². The Morgan fingerprint density at radius 3 is 2.54 bits per heavy atom. The molecular formula is C12H25N. The van der Waals surface area contributed by atoms with Gasteiger partial charge in [0, 0.05) is 6.04 Å². The molecule has 0 N–H and O–H groups in total. The Bertz CT molecular complexity index is 151. The second-order valence-electron chi connectivity index (χ2n) is 5.23. The molecule has 1 aliphatic heterocycles. The van der Waals surface area contributed by atoms with Gasteiger partial charge in [0.25, 0.3) is 0 Å². The van der Waals surface area contributed by atoms with Crippen molar-refractivity contribution in [3.05, 3.63) is 0 Å². The fourth-order valence-electron chi connectivity index (χ4n) is 2.87. The van der Waals surface area contributed by atoms with Gasteiger partial charge in [-0.2, -0.15) is 0 Å². The van der Waals surface area contributed by atoms with Gasteiger partial charge in [-0.05, 0) is 38.3 Å². The average Bonchev–Trinajstić information content (AvgIpc) is 2.04. The van der Waals surface area contributed by atoms with E-state index >= 15 is 0 Å². The van der Waals surface area contributed by atoms with Crippen molar-refractivity contribution < 1.29 is 0 Å². The van der Waals surface area contributed by atoms with Crippen LogP contribution in [0, 0.1) is 5.41 Å². The number of rotatable bonds is 3. The molecule has 0 aromatic carbocycles. The predicted molar refractivity (Wildman–Crippen MR) is 59.0 cm³/mol. The molecule has 0 spiro atoms. The highest BCUT2D eigenvalue weighted by atomic mass is 15.1. The maximum atomic E-state index is 2.57. The van der Waals surface area contributed by atoms with Gasteiger partial charge in [0.15, 0.2) is 0 Å². The minimum atomic E-state index is 0.518. The molecule has 0 radical (unpaired) electrons. The van der Waals surface area contributed by atoms with Crippen LogP contribution in [0.2, 0.25) is 0 Å². The van der Waals surface area contributed by atoms with E-state index in [1.54, 1.807) is 0 Å². The summed E-state index contributed by atoms with van der Waals surface area (Å²) >= 11 is 0. The summed E-state index contributed by atoms with van der Waals surface area (Å²) in [5.74, 6) is 0. The van der Waals surface area contributed by atoms with Crippen LogP contribution in [0.15, 0.2) is 0 Å². The summed E-state index contributed by atoms with van der Waals surface area (Å²) in [5, 5.41) is 0. The van der Waals surface area contributed by atoms with Crippen molar-refractivity contribution in [1.82, 2.24) is 4.90 Å². The monoisotopic (exact) mass is 183 g/mol. The fourth-order valence-corrected chi connectivity index (χ4v) is 2.87. The smallest absolute Gasteiger partial charge is 0.0143 e. The van der Waals surface area contributed by atoms with Gasteiger partial charge < -0.3 is 4.90 Å². The Balaban J connectivity index is 2.56. The minimum absolute atomic E-state index is 0.518.